The smallest absolute Gasteiger partial charge is 0.312 e. The number of carbonyl (C=O) groups is 1. The molecule has 0 saturated carbocycles. The first kappa shape index (κ1) is 17.4. The molecule has 0 fully saturated rings. The third-order valence-electron chi connectivity index (χ3n) is 2.80. The first-order valence-electron chi connectivity index (χ1n) is 6.46. The zero-order valence-electron chi connectivity index (χ0n) is 11.9. The van der Waals surface area contributed by atoms with Gasteiger partial charge in [0, 0.05) is 10.5 Å². The van der Waals surface area contributed by atoms with Crippen molar-refractivity contribution in [2.24, 2.45) is 5.73 Å². The van der Waals surface area contributed by atoms with Crippen molar-refractivity contribution < 1.29 is 14.5 Å². The Labute approximate surface area is 131 Å². The van der Waals surface area contributed by atoms with Crippen LogP contribution in [0.2, 0.25) is 0 Å². The zero-order valence-corrected chi connectivity index (χ0v) is 13.5. The summed E-state index contributed by atoms with van der Waals surface area (Å²) in [4.78, 5) is 21.9. The molecule has 0 aromatic heterocycles. The summed E-state index contributed by atoms with van der Waals surface area (Å²) in [7, 11) is 0. The van der Waals surface area contributed by atoms with Crippen LogP contribution in [0.1, 0.15) is 18.9 Å². The molecule has 0 radical (unpaired) electrons. The SMILES string of the molecule is CCCNC(COc1c(C)cc(Br)cc1[N+](=O)[O-])C(N)=O. The second kappa shape index (κ2) is 7.94. The Morgan fingerprint density at radius 3 is 2.76 bits per heavy atom. The maximum atomic E-state index is 11.3. The summed E-state index contributed by atoms with van der Waals surface area (Å²) in [6.07, 6.45) is 0.835. The number of benzene rings is 1. The van der Waals surface area contributed by atoms with Crippen molar-refractivity contribution in [3.05, 3.63) is 32.3 Å². The summed E-state index contributed by atoms with van der Waals surface area (Å²) in [6.45, 7) is 4.21. The number of hydrogen-bond acceptors (Lipinski definition) is 5. The molecule has 0 bridgehead atoms. The molecule has 21 heavy (non-hydrogen) atoms. The summed E-state index contributed by atoms with van der Waals surface area (Å²) in [5, 5.41) is 14.0. The van der Waals surface area contributed by atoms with Crippen LogP contribution in [0.5, 0.6) is 5.75 Å². The van der Waals surface area contributed by atoms with Crippen LogP contribution in [0.25, 0.3) is 0 Å². The van der Waals surface area contributed by atoms with E-state index in [4.69, 9.17) is 10.5 Å². The molecule has 3 N–H and O–H groups in total. The first-order valence-corrected chi connectivity index (χ1v) is 7.26. The van der Waals surface area contributed by atoms with Gasteiger partial charge in [0.05, 0.1) is 4.92 Å². The number of aryl methyl sites for hydroxylation is 1. The topological polar surface area (TPSA) is 107 Å². The minimum atomic E-state index is -0.687. The fourth-order valence-electron chi connectivity index (χ4n) is 1.76. The molecule has 0 saturated heterocycles. The van der Waals surface area contributed by atoms with E-state index in [-0.39, 0.29) is 18.0 Å². The predicted molar refractivity (Wildman–Crippen MR) is 82.3 cm³/mol. The Morgan fingerprint density at radius 1 is 1.57 bits per heavy atom. The van der Waals surface area contributed by atoms with Crippen LogP contribution in [-0.4, -0.2) is 30.0 Å². The summed E-state index contributed by atoms with van der Waals surface area (Å²) >= 11 is 3.21. The van der Waals surface area contributed by atoms with Crippen LogP contribution in [-0.2, 0) is 4.79 Å². The van der Waals surface area contributed by atoms with E-state index in [1.54, 1.807) is 13.0 Å². The van der Waals surface area contributed by atoms with Gasteiger partial charge in [-0.3, -0.25) is 14.9 Å². The molecule has 1 rings (SSSR count). The molecule has 1 aromatic carbocycles. The third kappa shape index (κ3) is 4.98. The number of rotatable bonds is 8. The van der Waals surface area contributed by atoms with Crippen LogP contribution in [0, 0.1) is 17.0 Å². The fraction of sp³-hybridized carbons (Fsp3) is 0.462. The monoisotopic (exact) mass is 359 g/mol. The number of nitro benzene ring substituents is 1. The number of ether oxygens (including phenoxy) is 1. The number of hydrogen-bond donors (Lipinski definition) is 2. The second-order valence-electron chi connectivity index (χ2n) is 4.55. The van der Waals surface area contributed by atoms with E-state index in [0.717, 1.165) is 6.42 Å². The summed E-state index contributed by atoms with van der Waals surface area (Å²) in [5.41, 5.74) is 5.73. The van der Waals surface area contributed by atoms with Gasteiger partial charge in [0.15, 0.2) is 5.75 Å². The lowest BCUT2D eigenvalue weighted by molar-refractivity contribution is -0.386. The Hall–Kier alpha value is -1.67. The van der Waals surface area contributed by atoms with Crippen LogP contribution in [0.3, 0.4) is 0 Å². The molecule has 0 heterocycles. The molecule has 116 valence electrons. The molecule has 1 unspecified atom stereocenters. The van der Waals surface area contributed by atoms with Crippen molar-refractivity contribution >= 4 is 27.5 Å². The minimum Gasteiger partial charge on any atom is -0.484 e. The Morgan fingerprint density at radius 2 is 2.24 bits per heavy atom. The lowest BCUT2D eigenvalue weighted by Gasteiger charge is -2.17. The molecular weight excluding hydrogens is 342 g/mol. The number of primary amides is 1. The van der Waals surface area contributed by atoms with Crippen LogP contribution in [0.15, 0.2) is 16.6 Å². The first-order chi connectivity index (χ1) is 9.86. The normalized spacial score (nSPS) is 12.0. The number of nitrogens with one attached hydrogen (secondary N) is 1. The van der Waals surface area contributed by atoms with E-state index in [1.165, 1.54) is 6.07 Å². The van der Waals surface area contributed by atoms with Crippen molar-refractivity contribution in [3.63, 3.8) is 0 Å². The van der Waals surface area contributed by atoms with E-state index >= 15 is 0 Å². The number of nitrogens with two attached hydrogens (primary N) is 1. The van der Waals surface area contributed by atoms with Crippen LogP contribution in [0.4, 0.5) is 5.69 Å². The highest BCUT2D eigenvalue weighted by molar-refractivity contribution is 9.10. The third-order valence-corrected chi connectivity index (χ3v) is 3.25. The van der Waals surface area contributed by atoms with E-state index in [0.29, 0.717) is 16.6 Å². The Balaban J connectivity index is 2.91. The van der Waals surface area contributed by atoms with Crippen LogP contribution >= 0.6 is 15.9 Å². The molecule has 0 aliphatic rings. The Bertz CT molecular complexity index is 536. The molecule has 0 aliphatic carbocycles. The van der Waals surface area contributed by atoms with Crippen molar-refractivity contribution in [1.29, 1.82) is 0 Å². The van der Waals surface area contributed by atoms with Gasteiger partial charge in [-0.1, -0.05) is 22.9 Å². The van der Waals surface area contributed by atoms with Gasteiger partial charge >= 0.3 is 5.69 Å². The maximum absolute atomic E-state index is 11.3. The molecule has 1 atom stereocenters. The average Bonchev–Trinajstić information content (AvgIpc) is 2.39. The fourth-order valence-corrected chi connectivity index (χ4v) is 2.32. The largest absolute Gasteiger partial charge is 0.484 e. The van der Waals surface area contributed by atoms with Crippen LogP contribution < -0.4 is 15.8 Å². The predicted octanol–water partition coefficient (Wildman–Crippen LogP) is 1.90. The van der Waals surface area contributed by atoms with Gasteiger partial charge in [0.1, 0.15) is 12.6 Å². The van der Waals surface area contributed by atoms with Crippen molar-refractivity contribution in [2.45, 2.75) is 26.3 Å². The minimum absolute atomic E-state index is 0.0569. The number of halogens is 1. The standard InChI is InChI=1S/C13H18BrN3O4/c1-3-4-16-10(13(15)18)7-21-12-8(2)5-9(14)6-11(12)17(19)20/h5-6,10,16H,3-4,7H2,1-2H3,(H2,15,18). The van der Waals surface area contributed by atoms with Gasteiger partial charge in [-0.15, -0.1) is 0 Å². The maximum Gasteiger partial charge on any atom is 0.312 e. The van der Waals surface area contributed by atoms with Crippen molar-refractivity contribution in [3.8, 4) is 5.75 Å². The molecule has 0 aliphatic heterocycles. The van der Waals surface area contributed by atoms with Gasteiger partial charge in [0.25, 0.3) is 0 Å². The van der Waals surface area contributed by atoms with Crippen molar-refractivity contribution in [2.75, 3.05) is 13.2 Å². The molecule has 8 heteroatoms. The number of carbonyl (C=O) groups excluding carboxylic acids is 1. The number of nitro groups is 1. The van der Waals surface area contributed by atoms with Gasteiger partial charge in [-0.2, -0.15) is 0 Å². The number of amides is 1. The highest BCUT2D eigenvalue weighted by Crippen LogP contribution is 2.34. The molecular formula is C13H18BrN3O4. The van der Waals surface area contributed by atoms with E-state index in [9.17, 15) is 14.9 Å². The summed E-state index contributed by atoms with van der Waals surface area (Å²) < 4.78 is 6.07. The molecule has 1 aromatic rings. The molecule has 0 spiro atoms. The average molecular weight is 360 g/mol. The van der Waals surface area contributed by atoms with Gasteiger partial charge < -0.3 is 15.8 Å². The van der Waals surface area contributed by atoms with E-state index in [2.05, 4.69) is 21.2 Å². The van der Waals surface area contributed by atoms with E-state index < -0.39 is 16.9 Å². The van der Waals surface area contributed by atoms with Crippen molar-refractivity contribution in [1.82, 2.24) is 5.32 Å². The van der Waals surface area contributed by atoms with Gasteiger partial charge in [-0.25, -0.2) is 0 Å². The van der Waals surface area contributed by atoms with Gasteiger partial charge in [-0.05, 0) is 31.5 Å². The quantitative estimate of drug-likeness (QED) is 0.544. The lowest BCUT2D eigenvalue weighted by Crippen LogP contribution is -2.45. The summed E-state index contributed by atoms with van der Waals surface area (Å²) in [6, 6.07) is 2.38. The lowest BCUT2D eigenvalue weighted by atomic mass is 10.2. The zero-order chi connectivity index (χ0) is 16.0. The molecule has 7 nitrogen and oxygen atoms in total. The highest BCUT2D eigenvalue weighted by atomic mass is 79.9. The number of nitrogens with zero attached hydrogens (tertiary/aromatic N) is 1. The Kier molecular flexibility index (Phi) is 6.57. The molecule has 1 amide bonds. The summed E-state index contributed by atoms with van der Waals surface area (Å²) in [5.74, 6) is -0.409. The van der Waals surface area contributed by atoms with Gasteiger partial charge in [0.2, 0.25) is 5.91 Å². The highest BCUT2D eigenvalue weighted by Gasteiger charge is 2.22. The van der Waals surface area contributed by atoms with E-state index in [1.807, 2.05) is 6.92 Å². The second-order valence-corrected chi connectivity index (χ2v) is 5.46.